The Labute approximate surface area is 133 Å². The summed E-state index contributed by atoms with van der Waals surface area (Å²) in [5.74, 6) is 1.12. The molecule has 6 heteroatoms. The third-order valence-corrected chi connectivity index (χ3v) is 6.35. The van der Waals surface area contributed by atoms with Crippen molar-refractivity contribution in [2.24, 2.45) is 5.92 Å². The minimum absolute atomic E-state index is 0.378. The molecule has 0 saturated carbocycles. The number of ether oxygens (including phenoxy) is 1. The summed E-state index contributed by atoms with van der Waals surface area (Å²) < 4.78 is 35.0. The lowest BCUT2D eigenvalue weighted by Gasteiger charge is -2.38. The number of hydrogen-bond acceptors (Lipinski definition) is 3. The van der Waals surface area contributed by atoms with Gasteiger partial charge in [-0.1, -0.05) is 13.0 Å². The van der Waals surface area contributed by atoms with E-state index in [2.05, 4.69) is 6.92 Å². The molecule has 0 spiro atoms. The van der Waals surface area contributed by atoms with Crippen molar-refractivity contribution in [1.29, 1.82) is 0 Å². The third kappa shape index (κ3) is 2.70. The SMILES string of the molecule is Cc1cc(C)c2c(c1)N(S(=O)(=O)N1CCCC(C)C1)CCO2. The van der Waals surface area contributed by atoms with Crippen LogP contribution in [-0.2, 0) is 10.2 Å². The zero-order valence-corrected chi connectivity index (χ0v) is 14.3. The van der Waals surface area contributed by atoms with Gasteiger partial charge in [0.1, 0.15) is 12.4 Å². The van der Waals surface area contributed by atoms with Crippen molar-refractivity contribution < 1.29 is 13.2 Å². The van der Waals surface area contributed by atoms with Gasteiger partial charge < -0.3 is 4.74 Å². The standard InChI is InChI=1S/C16H24N2O3S/c1-12-5-4-6-17(11-12)22(19,20)18-7-8-21-16-14(3)9-13(2)10-15(16)18/h9-10,12H,4-8,11H2,1-3H3. The average molecular weight is 324 g/mol. The number of piperidine rings is 1. The van der Waals surface area contributed by atoms with Crippen LogP contribution in [0.2, 0.25) is 0 Å². The summed E-state index contributed by atoms with van der Waals surface area (Å²) in [6, 6.07) is 3.93. The molecule has 22 heavy (non-hydrogen) atoms. The molecule has 0 aromatic heterocycles. The van der Waals surface area contributed by atoms with Crippen molar-refractivity contribution in [3.63, 3.8) is 0 Å². The Bertz CT molecular complexity index is 672. The van der Waals surface area contributed by atoms with E-state index in [0.29, 0.717) is 43.6 Å². The van der Waals surface area contributed by atoms with Crippen molar-refractivity contribution in [2.75, 3.05) is 30.5 Å². The van der Waals surface area contributed by atoms with Gasteiger partial charge in [-0.2, -0.15) is 12.7 Å². The zero-order chi connectivity index (χ0) is 15.9. The highest BCUT2D eigenvalue weighted by atomic mass is 32.2. The summed E-state index contributed by atoms with van der Waals surface area (Å²) in [4.78, 5) is 0. The Morgan fingerprint density at radius 1 is 1.23 bits per heavy atom. The molecule has 5 nitrogen and oxygen atoms in total. The van der Waals surface area contributed by atoms with Gasteiger partial charge in [-0.25, -0.2) is 0 Å². The van der Waals surface area contributed by atoms with Crippen LogP contribution in [0.5, 0.6) is 5.75 Å². The summed E-state index contributed by atoms with van der Waals surface area (Å²) in [6.45, 7) is 8.07. The summed E-state index contributed by atoms with van der Waals surface area (Å²) in [7, 11) is -3.48. The molecule has 0 aliphatic carbocycles. The van der Waals surface area contributed by atoms with Gasteiger partial charge in [-0.3, -0.25) is 4.31 Å². The molecule has 0 radical (unpaired) electrons. The van der Waals surface area contributed by atoms with Gasteiger partial charge in [0, 0.05) is 13.1 Å². The van der Waals surface area contributed by atoms with Gasteiger partial charge in [0.25, 0.3) is 0 Å². The number of hydrogen-bond donors (Lipinski definition) is 0. The van der Waals surface area contributed by atoms with E-state index in [1.165, 1.54) is 4.31 Å². The van der Waals surface area contributed by atoms with Gasteiger partial charge in [0.15, 0.2) is 0 Å². The fourth-order valence-electron chi connectivity index (χ4n) is 3.39. The zero-order valence-electron chi connectivity index (χ0n) is 13.5. The van der Waals surface area contributed by atoms with Crippen LogP contribution in [-0.4, -0.2) is 39.0 Å². The molecule has 2 aliphatic heterocycles. The van der Waals surface area contributed by atoms with Crippen LogP contribution in [0.25, 0.3) is 0 Å². The smallest absolute Gasteiger partial charge is 0.304 e. The van der Waals surface area contributed by atoms with Crippen LogP contribution < -0.4 is 9.04 Å². The molecule has 1 aromatic carbocycles. The van der Waals surface area contributed by atoms with E-state index < -0.39 is 10.2 Å². The minimum atomic E-state index is -3.48. The Morgan fingerprint density at radius 3 is 2.73 bits per heavy atom. The van der Waals surface area contributed by atoms with Crippen LogP contribution >= 0.6 is 0 Å². The molecule has 1 aromatic rings. The summed E-state index contributed by atoms with van der Waals surface area (Å²) >= 11 is 0. The van der Waals surface area contributed by atoms with E-state index in [0.717, 1.165) is 24.0 Å². The maximum absolute atomic E-state index is 13.1. The molecule has 3 rings (SSSR count). The first-order chi connectivity index (χ1) is 10.4. The lowest BCUT2D eigenvalue weighted by molar-refractivity contribution is 0.275. The summed E-state index contributed by atoms with van der Waals surface area (Å²) in [5.41, 5.74) is 2.72. The molecule has 0 N–H and O–H groups in total. The first kappa shape index (κ1) is 15.6. The molecule has 1 unspecified atom stereocenters. The lowest BCUT2D eigenvalue weighted by Crippen LogP contribution is -2.50. The van der Waals surface area contributed by atoms with Gasteiger partial charge >= 0.3 is 10.2 Å². The van der Waals surface area contributed by atoms with Gasteiger partial charge in [-0.05, 0) is 49.8 Å². The normalized spacial score (nSPS) is 23.0. The van der Waals surface area contributed by atoms with Crippen molar-refractivity contribution in [1.82, 2.24) is 4.31 Å². The van der Waals surface area contributed by atoms with Gasteiger partial charge in [0.05, 0.1) is 12.2 Å². The number of anilines is 1. The van der Waals surface area contributed by atoms with E-state index >= 15 is 0 Å². The highest BCUT2D eigenvalue weighted by Gasteiger charge is 2.36. The fourth-order valence-corrected chi connectivity index (χ4v) is 5.16. The van der Waals surface area contributed by atoms with E-state index in [1.807, 2.05) is 26.0 Å². The molecule has 1 saturated heterocycles. The fraction of sp³-hybridized carbons (Fsp3) is 0.625. The third-order valence-electron chi connectivity index (χ3n) is 4.43. The second-order valence-electron chi connectivity index (χ2n) is 6.46. The van der Waals surface area contributed by atoms with Crippen molar-refractivity contribution in [3.8, 4) is 5.75 Å². The second kappa shape index (κ2) is 5.74. The molecular formula is C16H24N2O3S. The highest BCUT2D eigenvalue weighted by Crippen LogP contribution is 2.38. The predicted octanol–water partition coefficient (Wildman–Crippen LogP) is 2.48. The highest BCUT2D eigenvalue weighted by molar-refractivity contribution is 7.90. The molecule has 1 fully saturated rings. The topological polar surface area (TPSA) is 49.9 Å². The van der Waals surface area contributed by atoms with E-state index in [4.69, 9.17) is 4.74 Å². The van der Waals surface area contributed by atoms with Gasteiger partial charge in [-0.15, -0.1) is 0 Å². The Kier molecular flexibility index (Phi) is 4.07. The number of fused-ring (bicyclic) bond motifs is 1. The second-order valence-corrected chi connectivity index (χ2v) is 8.32. The monoisotopic (exact) mass is 324 g/mol. The van der Waals surface area contributed by atoms with Crippen LogP contribution in [0.4, 0.5) is 5.69 Å². The molecular weight excluding hydrogens is 300 g/mol. The number of benzene rings is 1. The quantitative estimate of drug-likeness (QED) is 0.840. The first-order valence-electron chi connectivity index (χ1n) is 7.91. The Morgan fingerprint density at radius 2 is 2.00 bits per heavy atom. The van der Waals surface area contributed by atoms with E-state index in [1.54, 1.807) is 4.31 Å². The van der Waals surface area contributed by atoms with Crippen molar-refractivity contribution >= 4 is 15.9 Å². The lowest BCUT2D eigenvalue weighted by atomic mass is 10.0. The number of rotatable bonds is 2. The minimum Gasteiger partial charge on any atom is -0.489 e. The first-order valence-corrected chi connectivity index (χ1v) is 9.31. The van der Waals surface area contributed by atoms with Crippen molar-refractivity contribution in [3.05, 3.63) is 23.3 Å². The van der Waals surface area contributed by atoms with Gasteiger partial charge in [0.2, 0.25) is 0 Å². The molecule has 122 valence electrons. The number of aryl methyl sites for hydroxylation is 2. The molecule has 2 aliphatic rings. The van der Waals surface area contributed by atoms with E-state index in [9.17, 15) is 8.42 Å². The van der Waals surface area contributed by atoms with Crippen LogP contribution in [0.3, 0.4) is 0 Å². The van der Waals surface area contributed by atoms with E-state index in [-0.39, 0.29) is 0 Å². The molecule has 0 amide bonds. The number of nitrogens with zero attached hydrogens (tertiary/aromatic N) is 2. The molecule has 1 atom stereocenters. The predicted molar refractivity (Wildman–Crippen MR) is 87.6 cm³/mol. The van der Waals surface area contributed by atoms with Crippen LogP contribution in [0, 0.1) is 19.8 Å². The maximum atomic E-state index is 13.1. The maximum Gasteiger partial charge on any atom is 0.304 e. The summed E-state index contributed by atoms with van der Waals surface area (Å²) in [5, 5.41) is 0. The molecule has 0 bridgehead atoms. The van der Waals surface area contributed by atoms with Crippen LogP contribution in [0.1, 0.15) is 30.9 Å². The molecule has 2 heterocycles. The Balaban J connectivity index is 1.99. The van der Waals surface area contributed by atoms with Crippen molar-refractivity contribution in [2.45, 2.75) is 33.6 Å². The largest absolute Gasteiger partial charge is 0.489 e. The summed E-state index contributed by atoms with van der Waals surface area (Å²) in [6.07, 6.45) is 2.04. The average Bonchev–Trinajstić information content (AvgIpc) is 2.46. The van der Waals surface area contributed by atoms with Crippen LogP contribution in [0.15, 0.2) is 12.1 Å². The Hall–Kier alpha value is -1.27.